The van der Waals surface area contributed by atoms with E-state index in [-0.39, 0.29) is 0 Å². The molecule has 0 aromatic carbocycles. The first-order valence-corrected chi connectivity index (χ1v) is 6.67. The fourth-order valence-corrected chi connectivity index (χ4v) is 3.08. The summed E-state index contributed by atoms with van der Waals surface area (Å²) in [6.07, 6.45) is 4.88. The van der Waals surface area contributed by atoms with Crippen molar-refractivity contribution >= 4 is 0 Å². The van der Waals surface area contributed by atoms with Crippen molar-refractivity contribution in [2.45, 2.75) is 45.2 Å². The van der Waals surface area contributed by atoms with Crippen molar-refractivity contribution in [2.24, 2.45) is 11.8 Å². The van der Waals surface area contributed by atoms with E-state index in [0.29, 0.717) is 11.6 Å². The van der Waals surface area contributed by atoms with Gasteiger partial charge in [0.2, 0.25) is 0 Å². The number of rotatable bonds is 4. The monoisotopic (exact) mass is 222 g/mol. The zero-order chi connectivity index (χ0) is 11.8. The molecule has 2 fully saturated rings. The van der Waals surface area contributed by atoms with Crippen LogP contribution in [-0.2, 0) is 0 Å². The van der Waals surface area contributed by atoms with Gasteiger partial charge in [-0.05, 0) is 31.6 Å². The lowest BCUT2D eigenvalue weighted by Gasteiger charge is -2.48. The van der Waals surface area contributed by atoms with Crippen molar-refractivity contribution in [3.8, 4) is 0 Å². The Morgan fingerprint density at radius 3 is 2.69 bits per heavy atom. The molecule has 1 saturated heterocycles. The number of nitrogens with zero attached hydrogens (tertiary/aromatic N) is 1. The molecule has 2 atom stereocenters. The fraction of sp³-hybridized carbons (Fsp3) is 0.857. The van der Waals surface area contributed by atoms with Crippen molar-refractivity contribution in [2.75, 3.05) is 19.6 Å². The first-order chi connectivity index (χ1) is 7.57. The van der Waals surface area contributed by atoms with Crippen LogP contribution in [0.5, 0.6) is 0 Å². The van der Waals surface area contributed by atoms with E-state index in [2.05, 4.69) is 37.6 Å². The standard InChI is InChI=1S/C14H26N2/c1-5-8-16-10-14(4,12-6-7-12)15-9-13(16)11(2)3/h5,11-13,15H,1,6-10H2,2-4H3. The van der Waals surface area contributed by atoms with Gasteiger partial charge in [-0.1, -0.05) is 19.9 Å². The van der Waals surface area contributed by atoms with Gasteiger partial charge in [-0.25, -0.2) is 0 Å². The molecule has 1 saturated carbocycles. The van der Waals surface area contributed by atoms with Crippen molar-refractivity contribution in [1.29, 1.82) is 0 Å². The second-order valence-corrected chi connectivity index (χ2v) is 6.10. The van der Waals surface area contributed by atoms with E-state index in [1.54, 1.807) is 0 Å². The molecule has 0 radical (unpaired) electrons. The van der Waals surface area contributed by atoms with Gasteiger partial charge >= 0.3 is 0 Å². The molecule has 2 rings (SSSR count). The molecule has 1 aliphatic carbocycles. The summed E-state index contributed by atoms with van der Waals surface area (Å²) < 4.78 is 0. The summed E-state index contributed by atoms with van der Waals surface area (Å²) in [5.74, 6) is 1.63. The molecule has 1 N–H and O–H groups in total. The van der Waals surface area contributed by atoms with Crippen molar-refractivity contribution < 1.29 is 0 Å². The van der Waals surface area contributed by atoms with Gasteiger partial charge in [0.15, 0.2) is 0 Å². The van der Waals surface area contributed by atoms with Crippen LogP contribution in [0.25, 0.3) is 0 Å². The van der Waals surface area contributed by atoms with Crippen LogP contribution in [0, 0.1) is 11.8 Å². The predicted octanol–water partition coefficient (Wildman–Crippen LogP) is 2.27. The predicted molar refractivity (Wildman–Crippen MR) is 69.5 cm³/mol. The van der Waals surface area contributed by atoms with Gasteiger partial charge in [0.25, 0.3) is 0 Å². The summed E-state index contributed by atoms with van der Waals surface area (Å²) in [5, 5.41) is 3.80. The first kappa shape index (κ1) is 12.1. The van der Waals surface area contributed by atoms with Gasteiger partial charge in [-0.15, -0.1) is 6.58 Å². The molecular formula is C14H26N2. The highest BCUT2D eigenvalue weighted by Gasteiger charge is 2.46. The maximum absolute atomic E-state index is 3.89. The number of piperazine rings is 1. The topological polar surface area (TPSA) is 15.3 Å². The summed E-state index contributed by atoms with van der Waals surface area (Å²) in [7, 11) is 0. The highest BCUT2D eigenvalue weighted by Crippen LogP contribution is 2.41. The van der Waals surface area contributed by atoms with Gasteiger partial charge in [0, 0.05) is 31.2 Å². The summed E-state index contributed by atoms with van der Waals surface area (Å²) in [5.41, 5.74) is 0.356. The minimum absolute atomic E-state index is 0.356. The molecule has 16 heavy (non-hydrogen) atoms. The van der Waals surface area contributed by atoms with Crippen LogP contribution >= 0.6 is 0 Å². The molecule has 0 amide bonds. The van der Waals surface area contributed by atoms with Crippen molar-refractivity contribution in [1.82, 2.24) is 10.2 Å². The second kappa shape index (κ2) is 4.50. The molecule has 2 unspecified atom stereocenters. The van der Waals surface area contributed by atoms with E-state index in [0.717, 1.165) is 24.9 Å². The summed E-state index contributed by atoms with van der Waals surface area (Å²) in [6.45, 7) is 14.3. The Balaban J connectivity index is 2.04. The zero-order valence-corrected chi connectivity index (χ0v) is 11.0. The highest BCUT2D eigenvalue weighted by atomic mass is 15.3. The van der Waals surface area contributed by atoms with E-state index >= 15 is 0 Å². The molecule has 0 aromatic heterocycles. The highest BCUT2D eigenvalue weighted by molar-refractivity contribution is 5.05. The molecule has 2 heteroatoms. The van der Waals surface area contributed by atoms with E-state index in [9.17, 15) is 0 Å². The molecule has 0 bridgehead atoms. The first-order valence-electron chi connectivity index (χ1n) is 6.67. The van der Waals surface area contributed by atoms with Crippen molar-refractivity contribution in [3.05, 3.63) is 12.7 Å². The van der Waals surface area contributed by atoms with E-state index in [1.165, 1.54) is 19.4 Å². The maximum Gasteiger partial charge on any atom is 0.0309 e. The Kier molecular flexibility index (Phi) is 3.41. The summed E-state index contributed by atoms with van der Waals surface area (Å²) in [4.78, 5) is 2.62. The minimum atomic E-state index is 0.356. The van der Waals surface area contributed by atoms with Crippen LogP contribution in [0.1, 0.15) is 33.6 Å². The lowest BCUT2D eigenvalue weighted by molar-refractivity contribution is 0.0624. The van der Waals surface area contributed by atoms with Crippen LogP contribution < -0.4 is 5.32 Å². The van der Waals surface area contributed by atoms with E-state index in [1.807, 2.05) is 6.08 Å². The smallest absolute Gasteiger partial charge is 0.0309 e. The quantitative estimate of drug-likeness (QED) is 0.734. The Hall–Kier alpha value is -0.340. The van der Waals surface area contributed by atoms with Gasteiger partial charge in [0.05, 0.1) is 0 Å². The summed E-state index contributed by atoms with van der Waals surface area (Å²) in [6, 6.07) is 0.671. The molecule has 92 valence electrons. The Labute approximate surface area is 100 Å². The minimum Gasteiger partial charge on any atom is -0.308 e. The normalized spacial score (nSPS) is 36.6. The third kappa shape index (κ3) is 2.33. The third-order valence-corrected chi connectivity index (χ3v) is 4.33. The van der Waals surface area contributed by atoms with Crippen LogP contribution in [0.3, 0.4) is 0 Å². The zero-order valence-electron chi connectivity index (χ0n) is 11.0. The Bertz CT molecular complexity index is 257. The number of hydrogen-bond acceptors (Lipinski definition) is 2. The van der Waals surface area contributed by atoms with E-state index in [4.69, 9.17) is 0 Å². The third-order valence-electron chi connectivity index (χ3n) is 4.33. The Morgan fingerprint density at radius 1 is 1.50 bits per heavy atom. The average Bonchev–Trinajstić information content (AvgIpc) is 3.01. The Morgan fingerprint density at radius 2 is 2.19 bits per heavy atom. The number of nitrogens with one attached hydrogen (secondary N) is 1. The van der Waals surface area contributed by atoms with Gasteiger partial charge in [-0.2, -0.15) is 0 Å². The summed E-state index contributed by atoms with van der Waals surface area (Å²) >= 11 is 0. The van der Waals surface area contributed by atoms with E-state index < -0.39 is 0 Å². The lowest BCUT2D eigenvalue weighted by atomic mass is 9.88. The van der Waals surface area contributed by atoms with Crippen molar-refractivity contribution in [3.63, 3.8) is 0 Å². The van der Waals surface area contributed by atoms with Crippen LogP contribution in [0.2, 0.25) is 0 Å². The molecule has 0 aromatic rings. The molecule has 0 spiro atoms. The molecule has 2 nitrogen and oxygen atoms in total. The molecule has 1 aliphatic heterocycles. The SMILES string of the molecule is C=CCN1CC(C)(C2CC2)NCC1C(C)C. The largest absolute Gasteiger partial charge is 0.308 e. The average molecular weight is 222 g/mol. The molecule has 2 aliphatic rings. The van der Waals surface area contributed by atoms with Gasteiger partial charge < -0.3 is 5.32 Å². The molecular weight excluding hydrogens is 196 g/mol. The number of hydrogen-bond donors (Lipinski definition) is 1. The van der Waals surface area contributed by atoms with Gasteiger partial charge in [-0.3, -0.25) is 4.90 Å². The maximum atomic E-state index is 3.89. The van der Waals surface area contributed by atoms with Crippen LogP contribution in [0.15, 0.2) is 12.7 Å². The lowest BCUT2D eigenvalue weighted by Crippen LogP contribution is -2.65. The fourth-order valence-electron chi connectivity index (χ4n) is 3.08. The van der Waals surface area contributed by atoms with Crippen LogP contribution in [-0.4, -0.2) is 36.1 Å². The van der Waals surface area contributed by atoms with Gasteiger partial charge in [0.1, 0.15) is 0 Å². The molecule has 1 heterocycles. The van der Waals surface area contributed by atoms with Crippen LogP contribution in [0.4, 0.5) is 0 Å². The second-order valence-electron chi connectivity index (χ2n) is 6.10.